The summed E-state index contributed by atoms with van der Waals surface area (Å²) < 4.78 is 5.47. The number of unbranched alkanes of at least 4 members (excludes halogenated alkanes) is 42. The predicted octanol–water partition coefficient (Wildman–Crippen LogP) is 19.2. The smallest absolute Gasteiger partial charge is 0.305 e. The van der Waals surface area contributed by atoms with E-state index in [0.29, 0.717) is 19.4 Å². The van der Waals surface area contributed by atoms with Crippen LogP contribution in [-0.2, 0) is 14.3 Å². The molecule has 406 valence electrons. The fourth-order valence-electron chi connectivity index (χ4n) is 9.39. The van der Waals surface area contributed by atoms with Gasteiger partial charge in [-0.3, -0.25) is 9.59 Å². The molecule has 6 heteroatoms. The third-order valence-electron chi connectivity index (χ3n) is 14.1. The lowest BCUT2D eigenvalue weighted by Crippen LogP contribution is -2.45. The molecule has 0 aromatic heterocycles. The van der Waals surface area contributed by atoms with Crippen LogP contribution in [0.4, 0.5) is 0 Å². The number of ether oxygens (including phenoxy) is 1. The molecule has 0 aromatic carbocycles. The first-order valence-electron chi connectivity index (χ1n) is 30.8. The van der Waals surface area contributed by atoms with Crippen molar-refractivity contribution in [3.8, 4) is 0 Å². The summed E-state index contributed by atoms with van der Waals surface area (Å²) >= 11 is 0. The van der Waals surface area contributed by atoms with Crippen molar-refractivity contribution in [2.45, 2.75) is 341 Å². The number of hydrogen-bond acceptors (Lipinski definition) is 5. The second-order valence-corrected chi connectivity index (χ2v) is 21.0. The van der Waals surface area contributed by atoms with Gasteiger partial charge >= 0.3 is 5.97 Å². The molecular weight excluding hydrogens is 851 g/mol. The molecule has 2 atom stereocenters. The number of amides is 1. The number of nitrogens with one attached hydrogen (secondary N) is 1. The monoisotopic (exact) mass is 970 g/mol. The zero-order chi connectivity index (χ0) is 50.0. The molecular formula is C63H119NO5. The number of hydrogen-bond donors (Lipinski definition) is 3. The van der Waals surface area contributed by atoms with Crippen molar-refractivity contribution >= 4 is 11.9 Å². The maximum Gasteiger partial charge on any atom is 0.305 e. The fourth-order valence-corrected chi connectivity index (χ4v) is 9.39. The van der Waals surface area contributed by atoms with Gasteiger partial charge in [-0.05, 0) is 83.5 Å². The Kier molecular flexibility index (Phi) is 57.0. The van der Waals surface area contributed by atoms with Crippen LogP contribution in [0.3, 0.4) is 0 Å². The number of carbonyl (C=O) groups is 2. The first-order chi connectivity index (χ1) is 34.0. The molecule has 0 aliphatic heterocycles. The summed E-state index contributed by atoms with van der Waals surface area (Å²) in [7, 11) is 0. The topological polar surface area (TPSA) is 95.9 Å². The Morgan fingerprint density at radius 3 is 1.04 bits per heavy atom. The Labute approximate surface area is 430 Å². The molecule has 0 saturated carbocycles. The van der Waals surface area contributed by atoms with Gasteiger partial charge in [0, 0.05) is 12.8 Å². The minimum atomic E-state index is -0.843. The van der Waals surface area contributed by atoms with Gasteiger partial charge in [-0.1, -0.05) is 269 Å². The zero-order valence-electron chi connectivity index (χ0n) is 46.3. The Morgan fingerprint density at radius 1 is 0.391 bits per heavy atom. The summed E-state index contributed by atoms with van der Waals surface area (Å²) in [5, 5.41) is 23.0. The van der Waals surface area contributed by atoms with Gasteiger partial charge in [-0.15, -0.1) is 0 Å². The molecule has 0 aliphatic carbocycles. The van der Waals surface area contributed by atoms with E-state index in [1.807, 2.05) is 6.08 Å². The van der Waals surface area contributed by atoms with Gasteiger partial charge in [0.25, 0.3) is 0 Å². The fraction of sp³-hybridized carbons (Fsp3) is 0.873. The van der Waals surface area contributed by atoms with Gasteiger partial charge in [-0.25, -0.2) is 0 Å². The first kappa shape index (κ1) is 67.1. The van der Waals surface area contributed by atoms with Crippen LogP contribution < -0.4 is 5.32 Å². The van der Waals surface area contributed by atoms with Crippen molar-refractivity contribution in [3.05, 3.63) is 36.5 Å². The average Bonchev–Trinajstić information content (AvgIpc) is 3.35. The number of aliphatic hydroxyl groups is 2. The maximum atomic E-state index is 12.4. The second-order valence-electron chi connectivity index (χ2n) is 21.0. The molecule has 2 unspecified atom stereocenters. The van der Waals surface area contributed by atoms with Crippen LogP contribution in [0, 0.1) is 0 Å². The highest BCUT2D eigenvalue weighted by molar-refractivity contribution is 5.76. The quantitative estimate of drug-likeness (QED) is 0.0321. The highest BCUT2D eigenvalue weighted by Crippen LogP contribution is 2.17. The molecule has 69 heavy (non-hydrogen) atoms. The predicted molar refractivity (Wildman–Crippen MR) is 301 cm³/mol. The van der Waals surface area contributed by atoms with Gasteiger partial charge in [0.05, 0.1) is 25.4 Å². The van der Waals surface area contributed by atoms with E-state index in [1.165, 1.54) is 257 Å². The normalized spacial score (nSPS) is 12.8. The minimum Gasteiger partial charge on any atom is -0.466 e. The standard InChI is InChI=1S/C63H119NO5/c1-3-5-7-9-11-13-15-32-37-41-45-49-53-57-63(68)69-58-54-50-46-42-38-34-31-29-27-25-23-21-19-17-16-18-20-22-24-26-28-30-33-36-40-44-48-52-56-62(67)64-60(59-65)61(66)55-51-47-43-39-35-14-12-10-8-6-4-2/h13,15-17,51,55,60-61,65-66H,3-12,14,18-50,52-54,56-59H2,1-2H3,(H,64,67)/b15-13-,17-16-,55-51+. The van der Waals surface area contributed by atoms with Crippen LogP contribution >= 0.6 is 0 Å². The zero-order valence-corrected chi connectivity index (χ0v) is 46.3. The molecule has 0 radical (unpaired) electrons. The van der Waals surface area contributed by atoms with Crippen molar-refractivity contribution in [3.63, 3.8) is 0 Å². The van der Waals surface area contributed by atoms with Crippen molar-refractivity contribution in [1.29, 1.82) is 0 Å². The molecule has 0 aliphatic rings. The second kappa shape index (κ2) is 58.6. The highest BCUT2D eigenvalue weighted by Gasteiger charge is 2.18. The largest absolute Gasteiger partial charge is 0.466 e. The van der Waals surface area contributed by atoms with Gasteiger partial charge in [0.1, 0.15) is 0 Å². The van der Waals surface area contributed by atoms with Crippen molar-refractivity contribution in [2.24, 2.45) is 0 Å². The molecule has 0 rings (SSSR count). The van der Waals surface area contributed by atoms with E-state index < -0.39 is 12.1 Å². The number of allylic oxidation sites excluding steroid dienone is 5. The van der Waals surface area contributed by atoms with Crippen LogP contribution in [0.25, 0.3) is 0 Å². The summed E-state index contributed by atoms with van der Waals surface area (Å²) in [6, 6.07) is -0.626. The van der Waals surface area contributed by atoms with E-state index in [-0.39, 0.29) is 18.5 Å². The highest BCUT2D eigenvalue weighted by atomic mass is 16.5. The molecule has 0 aromatic rings. The number of aliphatic hydroxyl groups excluding tert-OH is 2. The summed E-state index contributed by atoms with van der Waals surface area (Å²) in [5.41, 5.74) is 0. The molecule has 0 heterocycles. The number of esters is 1. The van der Waals surface area contributed by atoms with E-state index in [2.05, 4.69) is 43.5 Å². The Morgan fingerprint density at radius 2 is 0.681 bits per heavy atom. The van der Waals surface area contributed by atoms with Gasteiger partial charge < -0.3 is 20.3 Å². The van der Waals surface area contributed by atoms with E-state index in [9.17, 15) is 19.8 Å². The SMILES string of the molecule is CCCCCC/C=C\CCCCCCCC(=O)OCCCCCCCCCCCCCC/C=C\CCCCCCCCCCCCCCC(=O)NC(CO)C(O)/C=C/CCCCCCCCCCC. The van der Waals surface area contributed by atoms with Crippen LogP contribution in [-0.4, -0.2) is 47.4 Å². The van der Waals surface area contributed by atoms with E-state index in [4.69, 9.17) is 4.74 Å². The van der Waals surface area contributed by atoms with Crippen LogP contribution in [0.5, 0.6) is 0 Å². The van der Waals surface area contributed by atoms with Crippen LogP contribution in [0.2, 0.25) is 0 Å². The van der Waals surface area contributed by atoms with Crippen molar-refractivity contribution in [1.82, 2.24) is 5.32 Å². The Balaban J connectivity index is 3.38. The van der Waals surface area contributed by atoms with E-state index in [1.54, 1.807) is 6.08 Å². The third kappa shape index (κ3) is 55.2. The van der Waals surface area contributed by atoms with E-state index >= 15 is 0 Å². The molecule has 0 spiro atoms. The number of carbonyl (C=O) groups excluding carboxylic acids is 2. The van der Waals surface area contributed by atoms with Crippen LogP contribution in [0.1, 0.15) is 328 Å². The Bertz CT molecular complexity index is 1120. The average molecular weight is 971 g/mol. The summed E-state index contributed by atoms with van der Waals surface area (Å²) in [5.74, 6) is -0.0628. The number of rotatable bonds is 57. The summed E-state index contributed by atoms with van der Waals surface area (Å²) in [6.45, 7) is 4.88. The first-order valence-corrected chi connectivity index (χ1v) is 30.8. The molecule has 3 N–H and O–H groups in total. The molecule has 1 amide bonds. The minimum absolute atomic E-state index is 0.00596. The molecule has 0 fully saturated rings. The molecule has 0 saturated heterocycles. The Hall–Kier alpha value is -1.92. The summed E-state index contributed by atoms with van der Waals surface area (Å²) in [4.78, 5) is 24.4. The van der Waals surface area contributed by atoms with Gasteiger partial charge in [0.15, 0.2) is 0 Å². The van der Waals surface area contributed by atoms with Crippen molar-refractivity contribution in [2.75, 3.05) is 13.2 Å². The lowest BCUT2D eigenvalue weighted by atomic mass is 10.0. The lowest BCUT2D eigenvalue weighted by Gasteiger charge is -2.20. The van der Waals surface area contributed by atoms with Gasteiger partial charge in [0.2, 0.25) is 5.91 Å². The lowest BCUT2D eigenvalue weighted by molar-refractivity contribution is -0.143. The van der Waals surface area contributed by atoms with E-state index in [0.717, 1.165) is 44.9 Å². The summed E-state index contributed by atoms with van der Waals surface area (Å²) in [6.07, 6.45) is 73.4. The molecule has 6 nitrogen and oxygen atoms in total. The van der Waals surface area contributed by atoms with Crippen LogP contribution in [0.15, 0.2) is 36.5 Å². The van der Waals surface area contributed by atoms with Crippen molar-refractivity contribution < 1.29 is 24.5 Å². The molecule has 0 bridgehead atoms. The third-order valence-corrected chi connectivity index (χ3v) is 14.1. The maximum absolute atomic E-state index is 12.4. The van der Waals surface area contributed by atoms with Gasteiger partial charge in [-0.2, -0.15) is 0 Å².